The fourth-order valence-corrected chi connectivity index (χ4v) is 4.42. The second-order valence-electron chi connectivity index (χ2n) is 6.40. The van der Waals surface area contributed by atoms with Crippen LogP contribution in [0.4, 0.5) is 0 Å². The van der Waals surface area contributed by atoms with Gasteiger partial charge in [0.05, 0.1) is 20.3 Å². The van der Waals surface area contributed by atoms with Crippen molar-refractivity contribution in [2.24, 2.45) is 5.92 Å². The van der Waals surface area contributed by atoms with Crippen LogP contribution in [0.3, 0.4) is 0 Å². The minimum Gasteiger partial charge on any atom is -0.491 e. The smallest absolute Gasteiger partial charge is 0.343 e. The number of fused-ring (bicyclic) bond motifs is 6. The van der Waals surface area contributed by atoms with E-state index in [1.807, 2.05) is 4.90 Å². The van der Waals surface area contributed by atoms with Gasteiger partial charge in [0.2, 0.25) is 5.43 Å². The predicted octanol–water partition coefficient (Wildman–Crippen LogP) is 0.650. The van der Waals surface area contributed by atoms with Crippen molar-refractivity contribution in [3.05, 3.63) is 27.7 Å². The van der Waals surface area contributed by atoms with Crippen molar-refractivity contribution in [1.29, 1.82) is 0 Å². The normalized spacial score (nSPS) is 27.7. The van der Waals surface area contributed by atoms with E-state index in [-0.39, 0.29) is 35.0 Å². The Morgan fingerprint density at radius 2 is 2.04 bits per heavy atom. The Bertz CT molecular complexity index is 768. The van der Waals surface area contributed by atoms with Gasteiger partial charge in [-0.25, -0.2) is 4.79 Å². The molecule has 1 aromatic rings. The lowest BCUT2D eigenvalue weighted by atomic mass is 9.95. The van der Waals surface area contributed by atoms with E-state index in [1.54, 1.807) is 4.57 Å². The number of hydrogen-bond acceptors (Lipinski definition) is 5. The van der Waals surface area contributed by atoms with Crippen molar-refractivity contribution in [2.45, 2.75) is 37.9 Å². The van der Waals surface area contributed by atoms with Crippen LogP contribution in [-0.2, 0) is 11.3 Å². The average Bonchev–Trinajstić information content (AvgIpc) is 3.16. The molecule has 1 saturated carbocycles. The van der Waals surface area contributed by atoms with E-state index in [2.05, 4.69) is 4.74 Å². The van der Waals surface area contributed by atoms with Crippen molar-refractivity contribution < 1.29 is 19.1 Å². The van der Waals surface area contributed by atoms with Gasteiger partial charge in [-0.05, 0) is 25.2 Å². The number of nitrogens with zero attached hydrogens (tertiary/aromatic N) is 2. The first-order valence-electron chi connectivity index (χ1n) is 7.79. The summed E-state index contributed by atoms with van der Waals surface area (Å²) in [6.07, 6.45) is 4.63. The fraction of sp³-hybridized carbons (Fsp3) is 0.562. The number of carbonyl (C=O) groups excluding carboxylic acids is 2. The highest BCUT2D eigenvalue weighted by Crippen LogP contribution is 2.45. The lowest BCUT2D eigenvalue weighted by Crippen LogP contribution is -2.52. The SMILES string of the molecule is COC(=O)c1cn2c(c(OC)c1=O)C(=O)N1[C@H]3CC[C@H](C3)[C@@H]1C2. The molecule has 2 fully saturated rings. The molecule has 2 aliphatic heterocycles. The van der Waals surface area contributed by atoms with Crippen LogP contribution in [0.1, 0.15) is 40.1 Å². The van der Waals surface area contributed by atoms with Crippen molar-refractivity contribution in [3.63, 3.8) is 0 Å². The Morgan fingerprint density at radius 1 is 1.26 bits per heavy atom. The third kappa shape index (κ3) is 1.79. The zero-order valence-corrected chi connectivity index (χ0v) is 13.1. The summed E-state index contributed by atoms with van der Waals surface area (Å²) < 4.78 is 11.5. The maximum absolute atomic E-state index is 12.9. The minimum absolute atomic E-state index is 0.0703. The molecule has 2 bridgehead atoms. The molecule has 4 rings (SSSR count). The second kappa shape index (κ2) is 4.84. The van der Waals surface area contributed by atoms with Crippen molar-refractivity contribution in [3.8, 4) is 5.75 Å². The van der Waals surface area contributed by atoms with Gasteiger partial charge < -0.3 is 18.9 Å². The van der Waals surface area contributed by atoms with E-state index in [4.69, 9.17) is 4.74 Å². The number of methoxy groups -OCH3 is 2. The number of esters is 1. The molecule has 3 aliphatic rings. The maximum Gasteiger partial charge on any atom is 0.343 e. The Kier molecular flexibility index (Phi) is 3.01. The monoisotopic (exact) mass is 318 g/mol. The van der Waals surface area contributed by atoms with Gasteiger partial charge in [0, 0.05) is 18.8 Å². The Labute approximate surface area is 132 Å². The van der Waals surface area contributed by atoms with Gasteiger partial charge >= 0.3 is 5.97 Å². The summed E-state index contributed by atoms with van der Waals surface area (Å²) in [4.78, 5) is 39.2. The summed E-state index contributed by atoms with van der Waals surface area (Å²) in [5.74, 6) is -0.450. The standard InChI is InChI=1S/C16H18N2O5/c1-22-14-12-15(20)18-9-4-3-8(5-9)11(18)7-17(12)6-10(13(14)19)16(21)23-2/h6,8-9,11H,3-5,7H2,1-2H3/t8-,9+,11+/m1/s1. The predicted molar refractivity (Wildman–Crippen MR) is 79.7 cm³/mol. The molecule has 7 nitrogen and oxygen atoms in total. The van der Waals surface area contributed by atoms with Crippen LogP contribution in [0.15, 0.2) is 11.0 Å². The number of ether oxygens (including phenoxy) is 2. The number of amides is 1. The van der Waals surface area contributed by atoms with Crippen LogP contribution >= 0.6 is 0 Å². The summed E-state index contributed by atoms with van der Waals surface area (Å²) in [6.45, 7) is 0.586. The highest BCUT2D eigenvalue weighted by Gasteiger charge is 2.51. The molecule has 1 saturated heterocycles. The highest BCUT2D eigenvalue weighted by atomic mass is 16.5. The molecule has 0 aromatic carbocycles. The topological polar surface area (TPSA) is 77.8 Å². The van der Waals surface area contributed by atoms with Crippen LogP contribution in [0.5, 0.6) is 5.75 Å². The van der Waals surface area contributed by atoms with Gasteiger partial charge in [-0.1, -0.05) is 0 Å². The highest BCUT2D eigenvalue weighted by molar-refractivity contribution is 5.98. The molecule has 23 heavy (non-hydrogen) atoms. The van der Waals surface area contributed by atoms with Crippen LogP contribution in [0, 0.1) is 5.92 Å². The van der Waals surface area contributed by atoms with Crippen LogP contribution < -0.4 is 10.2 Å². The number of rotatable bonds is 2. The van der Waals surface area contributed by atoms with Gasteiger partial charge in [0.15, 0.2) is 11.4 Å². The van der Waals surface area contributed by atoms with E-state index in [0.717, 1.165) is 19.3 Å². The summed E-state index contributed by atoms with van der Waals surface area (Å²) in [5.41, 5.74) is -0.451. The Hall–Kier alpha value is -2.31. The molecule has 0 unspecified atom stereocenters. The van der Waals surface area contributed by atoms with Crippen LogP contribution in [-0.4, -0.2) is 47.6 Å². The molecule has 0 N–H and O–H groups in total. The maximum atomic E-state index is 12.9. The third-order valence-electron chi connectivity index (χ3n) is 5.41. The molecule has 3 heterocycles. The summed E-state index contributed by atoms with van der Waals surface area (Å²) >= 11 is 0. The molecule has 1 aromatic heterocycles. The van der Waals surface area contributed by atoms with E-state index in [0.29, 0.717) is 12.5 Å². The van der Waals surface area contributed by atoms with Crippen molar-refractivity contribution in [1.82, 2.24) is 9.47 Å². The summed E-state index contributed by atoms with van der Waals surface area (Å²) in [7, 11) is 2.56. The number of aromatic nitrogens is 1. The molecule has 122 valence electrons. The molecule has 7 heteroatoms. The lowest BCUT2D eigenvalue weighted by Gasteiger charge is -2.40. The molecule has 0 radical (unpaired) electrons. The third-order valence-corrected chi connectivity index (χ3v) is 5.41. The molecule has 0 spiro atoms. The van der Waals surface area contributed by atoms with E-state index < -0.39 is 11.4 Å². The second-order valence-corrected chi connectivity index (χ2v) is 6.40. The number of piperidine rings is 1. The summed E-state index contributed by atoms with van der Waals surface area (Å²) in [5, 5.41) is 0. The molecule has 3 atom stereocenters. The molecule has 1 aliphatic carbocycles. The average molecular weight is 318 g/mol. The first-order valence-corrected chi connectivity index (χ1v) is 7.79. The van der Waals surface area contributed by atoms with E-state index in [1.165, 1.54) is 20.4 Å². The Balaban J connectivity index is 1.89. The van der Waals surface area contributed by atoms with Crippen LogP contribution in [0.2, 0.25) is 0 Å². The van der Waals surface area contributed by atoms with Gasteiger partial charge in [0.1, 0.15) is 5.56 Å². The fourth-order valence-electron chi connectivity index (χ4n) is 4.42. The number of carbonyl (C=O) groups is 2. The zero-order chi connectivity index (χ0) is 16.3. The molecule has 1 amide bonds. The number of hydrogen-bond donors (Lipinski definition) is 0. The zero-order valence-electron chi connectivity index (χ0n) is 13.1. The van der Waals surface area contributed by atoms with Gasteiger partial charge in [-0.2, -0.15) is 0 Å². The van der Waals surface area contributed by atoms with Crippen molar-refractivity contribution in [2.75, 3.05) is 14.2 Å². The molecular weight excluding hydrogens is 300 g/mol. The Morgan fingerprint density at radius 3 is 2.74 bits per heavy atom. The number of pyridine rings is 1. The quantitative estimate of drug-likeness (QED) is 0.748. The minimum atomic E-state index is -0.716. The van der Waals surface area contributed by atoms with Crippen LogP contribution in [0.25, 0.3) is 0 Å². The first-order chi connectivity index (χ1) is 11.1. The summed E-state index contributed by atoms with van der Waals surface area (Å²) in [6, 6.07) is 0.415. The van der Waals surface area contributed by atoms with Gasteiger partial charge in [0.25, 0.3) is 5.91 Å². The largest absolute Gasteiger partial charge is 0.491 e. The van der Waals surface area contributed by atoms with E-state index in [9.17, 15) is 14.4 Å². The molecular formula is C16H18N2O5. The van der Waals surface area contributed by atoms with Crippen molar-refractivity contribution >= 4 is 11.9 Å². The van der Waals surface area contributed by atoms with Gasteiger partial charge in [-0.3, -0.25) is 9.59 Å². The first kappa shape index (κ1) is 14.3. The van der Waals surface area contributed by atoms with E-state index >= 15 is 0 Å². The van der Waals surface area contributed by atoms with Gasteiger partial charge in [-0.15, -0.1) is 0 Å². The lowest BCUT2D eigenvalue weighted by molar-refractivity contribution is 0.0476.